The van der Waals surface area contributed by atoms with Crippen molar-refractivity contribution in [2.24, 2.45) is 0 Å². The minimum atomic E-state index is -1.52. The molecular formula is C30H21BN2O2. The number of rotatable bonds is 3. The summed E-state index contributed by atoms with van der Waals surface area (Å²) in [5, 5.41) is 24.4. The van der Waals surface area contributed by atoms with E-state index in [1.54, 1.807) is 6.07 Å². The Morgan fingerprint density at radius 2 is 0.971 bits per heavy atom. The predicted octanol–water partition coefficient (Wildman–Crippen LogP) is 5.56. The van der Waals surface area contributed by atoms with E-state index in [-0.39, 0.29) is 0 Å². The Bertz CT molecular complexity index is 1880. The van der Waals surface area contributed by atoms with Crippen LogP contribution in [0.1, 0.15) is 0 Å². The zero-order valence-electron chi connectivity index (χ0n) is 18.8. The fraction of sp³-hybridized carbons (Fsp3) is 0. The first-order chi connectivity index (χ1) is 17.2. The van der Waals surface area contributed by atoms with Gasteiger partial charge < -0.3 is 19.2 Å². The lowest BCUT2D eigenvalue weighted by Crippen LogP contribution is -2.29. The molecule has 2 aromatic heterocycles. The van der Waals surface area contributed by atoms with Crippen molar-refractivity contribution >= 4 is 56.2 Å². The van der Waals surface area contributed by atoms with E-state index in [4.69, 9.17) is 0 Å². The van der Waals surface area contributed by atoms with Crippen molar-refractivity contribution in [1.29, 1.82) is 0 Å². The maximum atomic E-state index is 9.80. The smallest absolute Gasteiger partial charge is 0.423 e. The first kappa shape index (κ1) is 20.1. The average Bonchev–Trinajstić information content (AvgIpc) is 3.40. The molecule has 7 rings (SSSR count). The van der Waals surface area contributed by atoms with E-state index in [2.05, 4.69) is 88.0 Å². The molecule has 0 radical (unpaired) electrons. The van der Waals surface area contributed by atoms with E-state index in [1.807, 2.05) is 30.3 Å². The summed E-state index contributed by atoms with van der Waals surface area (Å²) in [6, 6.07) is 39.4. The van der Waals surface area contributed by atoms with Crippen molar-refractivity contribution in [3.63, 3.8) is 0 Å². The van der Waals surface area contributed by atoms with Gasteiger partial charge in [-0.1, -0.05) is 66.7 Å². The number of para-hydroxylation sites is 3. The molecule has 0 bridgehead atoms. The molecule has 0 aliphatic rings. The average molecular weight is 452 g/mol. The van der Waals surface area contributed by atoms with Crippen LogP contribution in [0.25, 0.3) is 55.0 Å². The van der Waals surface area contributed by atoms with Crippen LogP contribution in [0.3, 0.4) is 0 Å². The zero-order valence-corrected chi connectivity index (χ0v) is 18.8. The first-order valence-corrected chi connectivity index (χ1v) is 11.7. The highest BCUT2D eigenvalue weighted by Gasteiger charge is 2.19. The molecule has 0 aliphatic carbocycles. The first-order valence-electron chi connectivity index (χ1n) is 11.7. The topological polar surface area (TPSA) is 50.3 Å². The molecule has 2 N–H and O–H groups in total. The van der Waals surface area contributed by atoms with Crippen LogP contribution in [0.5, 0.6) is 0 Å². The van der Waals surface area contributed by atoms with Crippen LogP contribution in [-0.2, 0) is 0 Å². The number of aromatic nitrogens is 2. The molecule has 0 amide bonds. The largest absolute Gasteiger partial charge is 0.488 e. The fourth-order valence-electron chi connectivity index (χ4n) is 5.39. The van der Waals surface area contributed by atoms with Crippen LogP contribution in [0.2, 0.25) is 0 Å². The third-order valence-electron chi connectivity index (χ3n) is 6.91. The van der Waals surface area contributed by atoms with E-state index >= 15 is 0 Å². The Balaban J connectivity index is 1.66. The molecule has 4 nitrogen and oxygen atoms in total. The van der Waals surface area contributed by atoms with E-state index < -0.39 is 7.12 Å². The number of hydrogen-bond acceptors (Lipinski definition) is 2. The van der Waals surface area contributed by atoms with Crippen LogP contribution < -0.4 is 5.46 Å². The maximum absolute atomic E-state index is 9.80. The Morgan fingerprint density at radius 1 is 0.429 bits per heavy atom. The van der Waals surface area contributed by atoms with Crippen LogP contribution in [0.4, 0.5) is 0 Å². The van der Waals surface area contributed by atoms with E-state index in [9.17, 15) is 10.0 Å². The second kappa shape index (κ2) is 7.60. The Labute approximate surface area is 202 Å². The summed E-state index contributed by atoms with van der Waals surface area (Å²) in [6.45, 7) is 0. The van der Waals surface area contributed by atoms with Crippen molar-refractivity contribution in [2.75, 3.05) is 0 Å². The molecule has 35 heavy (non-hydrogen) atoms. The summed E-state index contributed by atoms with van der Waals surface area (Å²) < 4.78 is 4.53. The highest BCUT2D eigenvalue weighted by atomic mass is 16.4. The molecule has 0 aliphatic heterocycles. The molecule has 0 unspecified atom stereocenters. The van der Waals surface area contributed by atoms with E-state index in [1.165, 1.54) is 21.7 Å². The van der Waals surface area contributed by atoms with Crippen molar-refractivity contribution in [3.05, 3.63) is 115 Å². The van der Waals surface area contributed by atoms with Gasteiger partial charge in [-0.15, -0.1) is 0 Å². The number of hydrogen-bond donors (Lipinski definition) is 2. The Hall–Kier alpha value is -4.32. The second-order valence-corrected chi connectivity index (χ2v) is 8.90. The molecule has 0 saturated carbocycles. The monoisotopic (exact) mass is 452 g/mol. The summed E-state index contributed by atoms with van der Waals surface area (Å²) in [6.07, 6.45) is 0. The summed E-state index contributed by atoms with van der Waals surface area (Å²) in [5.41, 5.74) is 6.93. The Kier molecular flexibility index (Phi) is 4.36. The second-order valence-electron chi connectivity index (χ2n) is 8.90. The minimum Gasteiger partial charge on any atom is -0.423 e. The van der Waals surface area contributed by atoms with Crippen molar-refractivity contribution in [2.45, 2.75) is 0 Å². The Morgan fingerprint density at radius 3 is 1.60 bits per heavy atom. The molecule has 0 fully saturated rings. The SMILES string of the molecule is OB(O)c1cccc(-n2c3ccccc3c3cc4c5ccccc5n(-c5ccccc5)c4cc32)c1. The fourth-order valence-corrected chi connectivity index (χ4v) is 5.39. The van der Waals surface area contributed by atoms with Gasteiger partial charge in [0.25, 0.3) is 0 Å². The van der Waals surface area contributed by atoms with Gasteiger partial charge in [0.2, 0.25) is 0 Å². The zero-order chi connectivity index (χ0) is 23.5. The summed E-state index contributed by atoms with van der Waals surface area (Å²) >= 11 is 0. The molecule has 166 valence electrons. The van der Waals surface area contributed by atoms with Crippen molar-refractivity contribution in [3.8, 4) is 11.4 Å². The molecule has 0 saturated heterocycles. The quantitative estimate of drug-likeness (QED) is 0.345. The van der Waals surface area contributed by atoms with Crippen LogP contribution in [0.15, 0.2) is 115 Å². The third-order valence-corrected chi connectivity index (χ3v) is 6.91. The molecule has 5 heteroatoms. The van der Waals surface area contributed by atoms with Gasteiger partial charge in [0.05, 0.1) is 22.1 Å². The summed E-state index contributed by atoms with van der Waals surface area (Å²) in [5.74, 6) is 0. The summed E-state index contributed by atoms with van der Waals surface area (Å²) in [4.78, 5) is 0. The van der Waals surface area contributed by atoms with Gasteiger partial charge in [0.1, 0.15) is 0 Å². The predicted molar refractivity (Wildman–Crippen MR) is 145 cm³/mol. The van der Waals surface area contributed by atoms with Crippen LogP contribution in [-0.4, -0.2) is 26.3 Å². The summed E-state index contributed by atoms with van der Waals surface area (Å²) in [7, 11) is -1.52. The van der Waals surface area contributed by atoms with Gasteiger partial charge in [-0.25, -0.2) is 0 Å². The van der Waals surface area contributed by atoms with Crippen molar-refractivity contribution < 1.29 is 10.0 Å². The normalized spacial score (nSPS) is 11.7. The highest BCUT2D eigenvalue weighted by molar-refractivity contribution is 6.58. The van der Waals surface area contributed by atoms with Gasteiger partial charge in [-0.2, -0.15) is 0 Å². The van der Waals surface area contributed by atoms with Gasteiger partial charge >= 0.3 is 7.12 Å². The third kappa shape index (κ3) is 2.96. The molecule has 2 heterocycles. The molecule has 0 spiro atoms. The van der Waals surface area contributed by atoms with E-state index in [0.717, 1.165) is 33.3 Å². The van der Waals surface area contributed by atoms with Crippen LogP contribution >= 0.6 is 0 Å². The molecule has 5 aromatic carbocycles. The number of benzene rings is 5. The number of fused-ring (bicyclic) bond motifs is 6. The lowest BCUT2D eigenvalue weighted by Gasteiger charge is -2.11. The number of nitrogens with zero attached hydrogens (tertiary/aromatic N) is 2. The standard InChI is InChI=1S/C30H21BN2O2/c34-31(35)20-9-8-12-22(17-20)33-28-16-7-5-14-24(28)26-18-25-23-13-4-6-15-27(23)32(29(25)19-30(26)33)21-10-2-1-3-11-21/h1-19,34-35H. The highest BCUT2D eigenvalue weighted by Crippen LogP contribution is 2.39. The van der Waals surface area contributed by atoms with Gasteiger partial charge in [-0.3, -0.25) is 0 Å². The van der Waals surface area contributed by atoms with Crippen molar-refractivity contribution in [1.82, 2.24) is 9.13 Å². The van der Waals surface area contributed by atoms with E-state index in [0.29, 0.717) is 5.46 Å². The lowest BCUT2D eigenvalue weighted by molar-refractivity contribution is 0.426. The van der Waals surface area contributed by atoms with Gasteiger partial charge in [0, 0.05) is 32.9 Å². The molecule has 7 aromatic rings. The van der Waals surface area contributed by atoms with Crippen LogP contribution in [0, 0.1) is 0 Å². The lowest BCUT2D eigenvalue weighted by atomic mass is 9.80. The minimum absolute atomic E-state index is 0.466. The molecular weight excluding hydrogens is 431 g/mol. The maximum Gasteiger partial charge on any atom is 0.488 e. The van der Waals surface area contributed by atoms with Gasteiger partial charge in [0.15, 0.2) is 0 Å². The van der Waals surface area contributed by atoms with Gasteiger partial charge in [-0.05, 0) is 54.0 Å². The molecule has 0 atom stereocenters.